The van der Waals surface area contributed by atoms with Crippen LogP contribution in [0.15, 0.2) is 128 Å². The summed E-state index contributed by atoms with van der Waals surface area (Å²) in [6.07, 6.45) is 1.49. The first-order chi connectivity index (χ1) is 31.3. The molecule has 1 N–H and O–H groups in total. The van der Waals surface area contributed by atoms with Crippen LogP contribution in [-0.2, 0) is 22.6 Å². The molecule has 4 nitrogen and oxygen atoms in total. The highest BCUT2D eigenvalue weighted by Crippen LogP contribution is 2.43. The number of aromatic hydroxyl groups is 1. The van der Waals surface area contributed by atoms with Gasteiger partial charge in [0.05, 0.1) is 28.0 Å². The van der Waals surface area contributed by atoms with E-state index in [1.807, 2.05) is 40.0 Å². The van der Waals surface area contributed by atoms with Gasteiger partial charge < -0.3 is 5.11 Å². The minimum atomic E-state index is -0.814. The van der Waals surface area contributed by atoms with Crippen LogP contribution in [0.5, 0.6) is 5.75 Å². The van der Waals surface area contributed by atoms with Gasteiger partial charge in [0.25, 0.3) is 0 Å². The Morgan fingerprint density at radius 1 is 0.600 bits per heavy atom. The molecule has 0 aliphatic rings. The van der Waals surface area contributed by atoms with Crippen LogP contribution in [0.25, 0.3) is 72.7 Å². The summed E-state index contributed by atoms with van der Waals surface area (Å²) in [4.78, 5) is 10.5. The number of phenols is 1. The van der Waals surface area contributed by atoms with E-state index in [4.69, 9.17) is 12.7 Å². The number of phenolic OH excluding ortho intramolecular Hbond substituents is 1. The van der Waals surface area contributed by atoms with Crippen molar-refractivity contribution in [3.63, 3.8) is 0 Å². The van der Waals surface area contributed by atoms with Crippen molar-refractivity contribution < 1.29 is 7.85 Å². The molecule has 4 heteroatoms. The summed E-state index contributed by atoms with van der Waals surface area (Å²) in [5, 5.41) is 12.0. The van der Waals surface area contributed by atoms with Gasteiger partial charge >= 0.3 is 0 Å². The fourth-order valence-electron chi connectivity index (χ4n) is 8.79. The minimum absolute atomic E-state index is 0.0744. The molecule has 1 atom stereocenters. The van der Waals surface area contributed by atoms with Gasteiger partial charge in [0.2, 0.25) is 0 Å². The van der Waals surface area contributed by atoms with E-state index in [2.05, 4.69) is 189 Å². The van der Waals surface area contributed by atoms with E-state index in [9.17, 15) is 5.11 Å². The Morgan fingerprint density at radius 2 is 1.25 bits per heavy atom. The lowest BCUT2D eigenvalue weighted by Gasteiger charge is -2.22. The van der Waals surface area contributed by atoms with Crippen molar-refractivity contribution in [2.24, 2.45) is 0 Å². The highest BCUT2D eigenvalue weighted by Gasteiger charge is 2.26. The average Bonchev–Trinajstić information content (AvgIpc) is 3.65. The van der Waals surface area contributed by atoms with E-state index in [1.165, 1.54) is 11.1 Å². The van der Waals surface area contributed by atoms with Crippen molar-refractivity contribution in [2.75, 3.05) is 0 Å². The predicted octanol–water partition coefficient (Wildman–Crippen LogP) is 16.7. The molecule has 0 saturated carbocycles. The predicted molar refractivity (Wildman–Crippen MR) is 277 cm³/mol. The second-order valence-corrected chi connectivity index (χ2v) is 21.3. The molecule has 0 spiro atoms. The highest BCUT2D eigenvalue weighted by atomic mass is 16.3. The van der Waals surface area contributed by atoms with Gasteiger partial charge in [-0.05, 0) is 158 Å². The second kappa shape index (κ2) is 16.9. The Kier molecular flexibility index (Phi) is 11.1. The number of benzene rings is 6. The summed E-state index contributed by atoms with van der Waals surface area (Å²) < 4.78 is 19.6. The van der Waals surface area contributed by atoms with Crippen LogP contribution in [0.2, 0.25) is 0 Å². The normalized spacial score (nSPS) is 13.5. The molecule has 0 radical (unpaired) electrons. The lowest BCUT2D eigenvalue weighted by molar-refractivity contribution is 0.471. The number of imidazole rings is 1. The standard InChI is InChI=1S/C61H67N3O/c1-15-40-29-44(37(2)3)31-45(30-40)42-21-24-54(38(4)27-42)64-55-18-16-17-51(56(55)63-58(64)52-36-49(60(9,10)11)28-39(5)57(52)65)46-32-47(34-50(33-46)61(12,13)14)53-35-43(25-26-62-53)41-19-22-48(23-20-41)59(6,7)8/h16-37,65H,15H2,1-14H3/i15D,37D. The molecule has 0 amide bonds. The molecule has 6 aromatic carbocycles. The highest BCUT2D eigenvalue weighted by molar-refractivity contribution is 5.97. The van der Waals surface area contributed by atoms with E-state index in [0.717, 1.165) is 89.2 Å². The van der Waals surface area contributed by atoms with E-state index in [1.54, 1.807) is 0 Å². The number of aromatic nitrogens is 3. The van der Waals surface area contributed by atoms with Crippen molar-refractivity contribution >= 4 is 11.0 Å². The quantitative estimate of drug-likeness (QED) is 0.166. The van der Waals surface area contributed by atoms with E-state index in [-0.39, 0.29) is 22.0 Å². The average molecular weight is 860 g/mol. The summed E-state index contributed by atoms with van der Waals surface area (Å²) in [6.45, 7) is 29.8. The van der Waals surface area contributed by atoms with Gasteiger partial charge in [-0.3, -0.25) is 9.55 Å². The van der Waals surface area contributed by atoms with Gasteiger partial charge in [-0.1, -0.05) is 156 Å². The number of nitrogens with zero attached hydrogens (tertiary/aromatic N) is 3. The summed E-state index contributed by atoms with van der Waals surface area (Å²) in [5.41, 5.74) is 18.6. The fraction of sp³-hybridized carbons (Fsp3) is 0.311. The third-order valence-electron chi connectivity index (χ3n) is 13.0. The fourth-order valence-corrected chi connectivity index (χ4v) is 8.79. The van der Waals surface area contributed by atoms with Gasteiger partial charge in [0, 0.05) is 20.1 Å². The number of pyridine rings is 1. The number of aryl methyl sites for hydroxylation is 3. The molecule has 1 unspecified atom stereocenters. The lowest BCUT2D eigenvalue weighted by atomic mass is 9.83. The largest absolute Gasteiger partial charge is 0.507 e. The molecule has 8 aromatic rings. The number of hydrogen-bond acceptors (Lipinski definition) is 3. The van der Waals surface area contributed by atoms with Crippen LogP contribution in [0.1, 0.15) is 131 Å². The van der Waals surface area contributed by atoms with Crippen LogP contribution in [0.3, 0.4) is 0 Å². The van der Waals surface area contributed by atoms with Crippen LogP contribution in [0.4, 0.5) is 0 Å². The Balaban J connectivity index is 1.35. The summed E-state index contributed by atoms with van der Waals surface area (Å²) in [5.74, 6) is 0.0567. The molecule has 0 fully saturated rings. The SMILES string of the molecule is [2H]C(C)c1cc(-c2ccc(-n3c(-c4cc(C(C)(C)C)cc(C)c4O)nc4c(-c5cc(-c6cc(-c7ccc(C(C)(C)C)cc7)ccn6)cc(C(C)(C)C)c5)cccc43)c(C)c2)cc(C([2H])(C)C)c1. The second-order valence-electron chi connectivity index (χ2n) is 21.3. The summed E-state index contributed by atoms with van der Waals surface area (Å²) >= 11 is 0. The zero-order valence-corrected chi connectivity index (χ0v) is 41.0. The maximum absolute atomic E-state index is 12.0. The molecular formula is C61H67N3O. The van der Waals surface area contributed by atoms with Crippen molar-refractivity contribution in [3.05, 3.63) is 166 Å². The minimum Gasteiger partial charge on any atom is -0.507 e. The Bertz CT molecular complexity index is 3160. The Labute approximate surface area is 391 Å². The topological polar surface area (TPSA) is 50.9 Å². The monoisotopic (exact) mass is 860 g/mol. The van der Waals surface area contributed by atoms with Gasteiger partial charge in [0.1, 0.15) is 11.6 Å². The molecule has 8 rings (SSSR count). The van der Waals surface area contributed by atoms with Gasteiger partial charge in [0.15, 0.2) is 0 Å². The smallest absolute Gasteiger partial charge is 0.149 e. The maximum atomic E-state index is 12.0. The van der Waals surface area contributed by atoms with E-state index in [0.29, 0.717) is 11.4 Å². The molecule has 2 aromatic heterocycles. The first-order valence-electron chi connectivity index (χ1n) is 24.1. The van der Waals surface area contributed by atoms with Crippen LogP contribution in [0, 0.1) is 13.8 Å². The number of fused-ring (bicyclic) bond motifs is 1. The molecular weight excluding hydrogens is 791 g/mol. The Morgan fingerprint density at radius 3 is 1.89 bits per heavy atom. The van der Waals surface area contributed by atoms with Crippen LogP contribution < -0.4 is 0 Å². The summed E-state index contributed by atoms with van der Waals surface area (Å²) in [6, 6.07) is 43.2. The van der Waals surface area contributed by atoms with Crippen LogP contribution >= 0.6 is 0 Å². The van der Waals surface area contributed by atoms with Crippen molar-refractivity contribution in [1.29, 1.82) is 0 Å². The zero-order valence-electron chi connectivity index (χ0n) is 43.0. The van der Waals surface area contributed by atoms with Gasteiger partial charge in [-0.2, -0.15) is 0 Å². The number of hydrogen-bond donors (Lipinski definition) is 1. The number of rotatable bonds is 8. The Hall–Kier alpha value is -6.26. The van der Waals surface area contributed by atoms with E-state index >= 15 is 0 Å². The first-order valence-corrected chi connectivity index (χ1v) is 23.1. The molecule has 65 heavy (non-hydrogen) atoms. The van der Waals surface area contributed by atoms with Gasteiger partial charge in [-0.25, -0.2) is 4.98 Å². The molecule has 0 saturated heterocycles. The molecule has 0 aliphatic carbocycles. The van der Waals surface area contributed by atoms with Crippen molar-refractivity contribution in [3.8, 4) is 67.5 Å². The maximum Gasteiger partial charge on any atom is 0.149 e. The molecule has 2 heterocycles. The van der Waals surface area contributed by atoms with Crippen molar-refractivity contribution in [1.82, 2.24) is 14.5 Å². The first kappa shape index (κ1) is 42.7. The van der Waals surface area contributed by atoms with E-state index < -0.39 is 12.3 Å². The van der Waals surface area contributed by atoms with Crippen LogP contribution in [-0.4, -0.2) is 19.6 Å². The van der Waals surface area contributed by atoms with Gasteiger partial charge in [-0.15, -0.1) is 0 Å². The zero-order chi connectivity index (χ0) is 48.5. The van der Waals surface area contributed by atoms with Crippen molar-refractivity contribution in [2.45, 2.75) is 125 Å². The molecule has 0 bridgehead atoms. The molecule has 0 aliphatic heterocycles. The third-order valence-corrected chi connectivity index (χ3v) is 13.0. The lowest BCUT2D eigenvalue weighted by Crippen LogP contribution is -2.12. The third kappa shape index (κ3) is 9.06. The molecule has 332 valence electrons. The number of para-hydroxylation sites is 1. The summed E-state index contributed by atoms with van der Waals surface area (Å²) in [7, 11) is 0.